The summed E-state index contributed by atoms with van der Waals surface area (Å²) in [5.41, 5.74) is 0.894. The third-order valence-corrected chi connectivity index (χ3v) is 4.22. The number of rotatable bonds is 2. The largest absolute Gasteiger partial charge is 0.393 e. The van der Waals surface area contributed by atoms with Gasteiger partial charge in [-0.2, -0.15) is 0 Å². The second-order valence-corrected chi connectivity index (χ2v) is 5.51. The number of pyridine rings is 1. The van der Waals surface area contributed by atoms with Crippen molar-refractivity contribution in [3.8, 4) is 0 Å². The Bertz CT molecular complexity index is 422. The molecule has 0 radical (unpaired) electrons. The number of anilines is 1. The average molecular weight is 248 g/mol. The van der Waals surface area contributed by atoms with Crippen molar-refractivity contribution in [2.75, 3.05) is 4.90 Å². The molecule has 1 aromatic heterocycles. The quantitative estimate of drug-likeness (QED) is 0.835. The molecule has 2 aliphatic heterocycles. The number of aliphatic hydroxyl groups is 2. The highest BCUT2D eigenvalue weighted by Crippen LogP contribution is 2.40. The van der Waals surface area contributed by atoms with E-state index in [1.54, 1.807) is 13.1 Å². The normalized spacial score (nSPS) is 32.6. The molecular weight excluding hydrogens is 228 g/mol. The first-order chi connectivity index (χ1) is 8.66. The molecule has 98 valence electrons. The number of hydrogen-bond acceptors (Lipinski definition) is 4. The van der Waals surface area contributed by atoms with Crippen molar-refractivity contribution >= 4 is 5.82 Å². The molecule has 0 saturated carbocycles. The summed E-state index contributed by atoms with van der Waals surface area (Å²) in [4.78, 5) is 6.80. The fourth-order valence-electron chi connectivity index (χ4n) is 3.45. The smallest absolute Gasteiger partial charge is 0.134 e. The van der Waals surface area contributed by atoms with Crippen LogP contribution < -0.4 is 4.90 Å². The van der Waals surface area contributed by atoms with Crippen LogP contribution in [0.5, 0.6) is 0 Å². The zero-order valence-corrected chi connectivity index (χ0v) is 10.7. The standard InChI is InChI=1S/C14H20N2O2/c1-9(17)13-3-2-6-15-14(13)16-10-4-5-11(16)8-12(18)7-10/h2-3,6,9-12,17-18H,4-5,7-8H2,1H3/t9-,10?,11?,12?/m0/s1. The minimum Gasteiger partial charge on any atom is -0.393 e. The molecule has 2 unspecified atom stereocenters. The number of aliphatic hydroxyl groups excluding tert-OH is 2. The van der Waals surface area contributed by atoms with Gasteiger partial charge in [-0.05, 0) is 38.7 Å². The maximum atomic E-state index is 9.86. The van der Waals surface area contributed by atoms with Gasteiger partial charge in [-0.1, -0.05) is 6.07 Å². The van der Waals surface area contributed by atoms with Crippen LogP contribution in [-0.4, -0.2) is 33.4 Å². The third kappa shape index (κ3) is 1.89. The molecule has 3 atom stereocenters. The Morgan fingerprint density at radius 3 is 2.61 bits per heavy atom. The summed E-state index contributed by atoms with van der Waals surface area (Å²) in [6.45, 7) is 1.78. The topological polar surface area (TPSA) is 56.6 Å². The van der Waals surface area contributed by atoms with Crippen molar-refractivity contribution in [3.63, 3.8) is 0 Å². The van der Waals surface area contributed by atoms with Gasteiger partial charge in [0.1, 0.15) is 5.82 Å². The zero-order chi connectivity index (χ0) is 12.7. The lowest BCUT2D eigenvalue weighted by molar-refractivity contribution is 0.125. The molecule has 2 bridgehead atoms. The van der Waals surface area contributed by atoms with Gasteiger partial charge in [0.25, 0.3) is 0 Å². The van der Waals surface area contributed by atoms with Gasteiger partial charge in [0.2, 0.25) is 0 Å². The number of hydrogen-bond donors (Lipinski definition) is 2. The first-order valence-corrected chi connectivity index (χ1v) is 6.76. The van der Waals surface area contributed by atoms with E-state index in [1.807, 2.05) is 12.1 Å². The van der Waals surface area contributed by atoms with Gasteiger partial charge in [-0.25, -0.2) is 4.98 Å². The van der Waals surface area contributed by atoms with Crippen LogP contribution in [0, 0.1) is 0 Å². The summed E-state index contributed by atoms with van der Waals surface area (Å²) in [5, 5.41) is 19.7. The zero-order valence-electron chi connectivity index (χ0n) is 10.7. The van der Waals surface area contributed by atoms with Crippen molar-refractivity contribution in [1.29, 1.82) is 0 Å². The molecule has 4 heteroatoms. The molecule has 3 heterocycles. The van der Waals surface area contributed by atoms with Crippen molar-refractivity contribution in [1.82, 2.24) is 4.98 Å². The minimum absolute atomic E-state index is 0.169. The lowest BCUT2D eigenvalue weighted by Gasteiger charge is -2.39. The molecule has 4 nitrogen and oxygen atoms in total. The Kier molecular flexibility index (Phi) is 2.99. The monoisotopic (exact) mass is 248 g/mol. The van der Waals surface area contributed by atoms with Crippen LogP contribution in [0.4, 0.5) is 5.82 Å². The fraction of sp³-hybridized carbons (Fsp3) is 0.643. The van der Waals surface area contributed by atoms with E-state index in [-0.39, 0.29) is 6.10 Å². The molecule has 2 N–H and O–H groups in total. The molecule has 3 rings (SSSR count). The number of fused-ring (bicyclic) bond motifs is 2. The lowest BCUT2D eigenvalue weighted by atomic mass is 9.98. The second kappa shape index (κ2) is 4.52. The van der Waals surface area contributed by atoms with Crippen molar-refractivity contribution in [2.24, 2.45) is 0 Å². The van der Waals surface area contributed by atoms with Crippen LogP contribution in [0.1, 0.15) is 44.3 Å². The van der Waals surface area contributed by atoms with Crippen molar-refractivity contribution < 1.29 is 10.2 Å². The third-order valence-electron chi connectivity index (χ3n) is 4.22. The predicted octanol–water partition coefficient (Wildman–Crippen LogP) is 1.63. The Morgan fingerprint density at radius 1 is 1.33 bits per heavy atom. The van der Waals surface area contributed by atoms with Crippen LogP contribution in [0.15, 0.2) is 18.3 Å². The summed E-state index contributed by atoms with van der Waals surface area (Å²) in [6, 6.07) is 4.57. The molecule has 18 heavy (non-hydrogen) atoms. The molecule has 2 saturated heterocycles. The van der Waals surface area contributed by atoms with E-state index in [4.69, 9.17) is 0 Å². The molecular formula is C14H20N2O2. The maximum Gasteiger partial charge on any atom is 0.134 e. The Hall–Kier alpha value is -1.13. The van der Waals surface area contributed by atoms with E-state index < -0.39 is 6.10 Å². The van der Waals surface area contributed by atoms with Gasteiger partial charge >= 0.3 is 0 Å². The van der Waals surface area contributed by atoms with Crippen molar-refractivity contribution in [2.45, 2.75) is 56.9 Å². The second-order valence-electron chi connectivity index (χ2n) is 5.51. The molecule has 0 amide bonds. The highest BCUT2D eigenvalue weighted by molar-refractivity contribution is 5.51. The van der Waals surface area contributed by atoms with E-state index in [0.29, 0.717) is 12.1 Å². The number of piperidine rings is 1. The highest BCUT2D eigenvalue weighted by Gasteiger charge is 2.41. The first-order valence-electron chi connectivity index (χ1n) is 6.76. The van der Waals surface area contributed by atoms with E-state index in [9.17, 15) is 10.2 Å². The molecule has 0 aliphatic carbocycles. The van der Waals surface area contributed by atoms with Gasteiger partial charge in [-0.15, -0.1) is 0 Å². The predicted molar refractivity (Wildman–Crippen MR) is 69.4 cm³/mol. The lowest BCUT2D eigenvalue weighted by Crippen LogP contribution is -2.45. The van der Waals surface area contributed by atoms with Gasteiger partial charge < -0.3 is 15.1 Å². The van der Waals surface area contributed by atoms with Crippen molar-refractivity contribution in [3.05, 3.63) is 23.9 Å². The van der Waals surface area contributed by atoms with Crippen LogP contribution in [0.2, 0.25) is 0 Å². The SMILES string of the molecule is C[C@H](O)c1cccnc1N1C2CCC1CC(O)C2. The fourth-order valence-corrected chi connectivity index (χ4v) is 3.45. The minimum atomic E-state index is -0.500. The van der Waals surface area contributed by atoms with E-state index in [0.717, 1.165) is 37.1 Å². The highest BCUT2D eigenvalue weighted by atomic mass is 16.3. The van der Waals surface area contributed by atoms with Gasteiger partial charge in [0.05, 0.1) is 12.2 Å². The van der Waals surface area contributed by atoms with Gasteiger partial charge in [0, 0.05) is 23.8 Å². The van der Waals surface area contributed by atoms with Crippen LogP contribution in [0.25, 0.3) is 0 Å². The Labute approximate surface area is 107 Å². The number of aromatic nitrogens is 1. The summed E-state index contributed by atoms with van der Waals surface area (Å²) < 4.78 is 0. The molecule has 1 aromatic rings. The summed E-state index contributed by atoms with van der Waals surface area (Å²) in [6.07, 6.45) is 5.01. The molecule has 0 spiro atoms. The van der Waals surface area contributed by atoms with Gasteiger partial charge in [-0.3, -0.25) is 0 Å². The van der Waals surface area contributed by atoms with E-state index in [2.05, 4.69) is 9.88 Å². The average Bonchev–Trinajstić information content (AvgIpc) is 2.61. The van der Waals surface area contributed by atoms with E-state index in [1.165, 1.54) is 0 Å². The summed E-state index contributed by atoms with van der Waals surface area (Å²) in [7, 11) is 0. The van der Waals surface area contributed by atoms with E-state index >= 15 is 0 Å². The molecule has 2 aliphatic rings. The Balaban J connectivity index is 1.96. The van der Waals surface area contributed by atoms with Crippen LogP contribution in [-0.2, 0) is 0 Å². The van der Waals surface area contributed by atoms with Crippen LogP contribution >= 0.6 is 0 Å². The Morgan fingerprint density at radius 2 is 2.00 bits per heavy atom. The molecule has 0 aromatic carbocycles. The number of nitrogens with zero attached hydrogens (tertiary/aromatic N) is 2. The maximum absolute atomic E-state index is 9.86. The van der Waals surface area contributed by atoms with Gasteiger partial charge in [0.15, 0.2) is 0 Å². The molecule has 2 fully saturated rings. The first kappa shape index (κ1) is 11.9. The summed E-state index contributed by atoms with van der Waals surface area (Å²) >= 11 is 0. The van der Waals surface area contributed by atoms with Crippen LogP contribution in [0.3, 0.4) is 0 Å². The summed E-state index contributed by atoms with van der Waals surface area (Å²) in [5.74, 6) is 0.909.